The molecular formula is C10H14O6S. The number of methoxy groups -OCH3 is 2. The predicted octanol–water partition coefficient (Wildman–Crippen LogP) is -0.761. The van der Waals surface area contributed by atoms with Crippen LogP contribution in [-0.2, 0) is 28.9 Å². The number of sulfone groups is 1. The van der Waals surface area contributed by atoms with Crippen LogP contribution in [0.4, 0.5) is 0 Å². The number of carbonyl (C=O) groups excluding carboxylic acids is 2. The molecule has 0 aromatic rings. The highest BCUT2D eigenvalue weighted by molar-refractivity contribution is 7.91. The maximum absolute atomic E-state index is 11.6. The number of hydrogen-bond acceptors (Lipinski definition) is 6. The van der Waals surface area contributed by atoms with Crippen LogP contribution in [-0.4, -0.2) is 46.1 Å². The van der Waals surface area contributed by atoms with Gasteiger partial charge in [0.05, 0.1) is 37.6 Å². The summed E-state index contributed by atoms with van der Waals surface area (Å²) in [6.07, 6.45) is 0. The van der Waals surface area contributed by atoms with Crippen molar-refractivity contribution in [1.82, 2.24) is 0 Å². The maximum Gasteiger partial charge on any atom is 0.309 e. The molecule has 1 aliphatic heterocycles. The van der Waals surface area contributed by atoms with Gasteiger partial charge in [0.15, 0.2) is 9.84 Å². The molecule has 1 saturated carbocycles. The van der Waals surface area contributed by atoms with Gasteiger partial charge < -0.3 is 9.47 Å². The van der Waals surface area contributed by atoms with Gasteiger partial charge in [-0.05, 0) is 11.8 Å². The zero-order chi connectivity index (χ0) is 12.8. The van der Waals surface area contributed by atoms with E-state index in [-0.39, 0.29) is 23.3 Å². The van der Waals surface area contributed by atoms with Gasteiger partial charge in [-0.25, -0.2) is 8.42 Å². The van der Waals surface area contributed by atoms with Crippen molar-refractivity contribution in [3.8, 4) is 0 Å². The number of carbonyl (C=O) groups is 2. The fourth-order valence-corrected chi connectivity index (χ4v) is 5.16. The van der Waals surface area contributed by atoms with Gasteiger partial charge >= 0.3 is 11.9 Å². The Hall–Kier alpha value is -1.11. The molecule has 1 saturated heterocycles. The topological polar surface area (TPSA) is 86.7 Å². The molecule has 4 atom stereocenters. The first-order valence-corrected chi connectivity index (χ1v) is 7.09. The van der Waals surface area contributed by atoms with Crippen LogP contribution in [0.1, 0.15) is 0 Å². The third kappa shape index (κ3) is 1.82. The van der Waals surface area contributed by atoms with Crippen molar-refractivity contribution in [2.75, 3.05) is 25.7 Å². The van der Waals surface area contributed by atoms with E-state index in [4.69, 9.17) is 0 Å². The van der Waals surface area contributed by atoms with E-state index in [0.717, 1.165) is 0 Å². The molecule has 0 radical (unpaired) electrons. The van der Waals surface area contributed by atoms with Gasteiger partial charge in [-0.1, -0.05) is 0 Å². The van der Waals surface area contributed by atoms with Crippen molar-refractivity contribution in [3.63, 3.8) is 0 Å². The smallest absolute Gasteiger partial charge is 0.309 e. The molecule has 0 aromatic heterocycles. The van der Waals surface area contributed by atoms with Gasteiger partial charge in [-0.3, -0.25) is 9.59 Å². The highest BCUT2D eigenvalue weighted by Gasteiger charge is 2.63. The summed E-state index contributed by atoms with van der Waals surface area (Å²) in [6, 6.07) is 0. The molecule has 0 amide bonds. The van der Waals surface area contributed by atoms with Crippen LogP contribution in [0.2, 0.25) is 0 Å². The Balaban J connectivity index is 2.26. The molecule has 96 valence electrons. The second-order valence-electron chi connectivity index (χ2n) is 4.50. The Morgan fingerprint density at radius 3 is 1.59 bits per heavy atom. The third-order valence-corrected chi connectivity index (χ3v) is 5.48. The summed E-state index contributed by atoms with van der Waals surface area (Å²) in [7, 11) is -0.688. The zero-order valence-electron chi connectivity index (χ0n) is 9.58. The minimum atomic E-state index is -3.15. The Morgan fingerprint density at radius 2 is 1.29 bits per heavy atom. The lowest BCUT2D eigenvalue weighted by molar-refractivity contribution is -0.174. The highest BCUT2D eigenvalue weighted by atomic mass is 32.2. The molecule has 6 nitrogen and oxygen atoms in total. The van der Waals surface area contributed by atoms with E-state index in [9.17, 15) is 18.0 Å². The summed E-state index contributed by atoms with van der Waals surface area (Å²) in [6.45, 7) is 0. The Labute approximate surface area is 99.2 Å². The van der Waals surface area contributed by atoms with Gasteiger partial charge in [0, 0.05) is 0 Å². The number of hydrogen-bond donors (Lipinski definition) is 0. The van der Waals surface area contributed by atoms with Crippen molar-refractivity contribution in [1.29, 1.82) is 0 Å². The molecule has 0 spiro atoms. The van der Waals surface area contributed by atoms with Gasteiger partial charge in [0.2, 0.25) is 0 Å². The minimum Gasteiger partial charge on any atom is -0.469 e. The summed E-state index contributed by atoms with van der Waals surface area (Å²) >= 11 is 0. The van der Waals surface area contributed by atoms with E-state index in [2.05, 4.69) is 9.47 Å². The average Bonchev–Trinajstić information content (AvgIpc) is 2.53. The molecule has 0 bridgehead atoms. The summed E-state index contributed by atoms with van der Waals surface area (Å²) in [5, 5.41) is 0. The molecule has 1 aliphatic carbocycles. The normalized spacial score (nSPS) is 37.8. The van der Waals surface area contributed by atoms with Crippen LogP contribution in [0.15, 0.2) is 0 Å². The monoisotopic (exact) mass is 262 g/mol. The van der Waals surface area contributed by atoms with Crippen molar-refractivity contribution in [3.05, 3.63) is 0 Å². The lowest BCUT2D eigenvalue weighted by atomic mass is 9.58. The molecule has 0 aromatic carbocycles. The van der Waals surface area contributed by atoms with Crippen LogP contribution in [0.3, 0.4) is 0 Å². The Morgan fingerprint density at radius 1 is 0.941 bits per heavy atom. The molecule has 0 unspecified atom stereocenters. The molecular weight excluding hydrogens is 248 g/mol. The maximum atomic E-state index is 11.6. The van der Waals surface area contributed by atoms with Gasteiger partial charge in [-0.15, -0.1) is 0 Å². The first kappa shape index (κ1) is 12.3. The molecule has 2 aliphatic rings. The predicted molar refractivity (Wildman–Crippen MR) is 56.6 cm³/mol. The quantitative estimate of drug-likeness (QED) is 0.608. The van der Waals surface area contributed by atoms with Gasteiger partial charge in [0.1, 0.15) is 0 Å². The summed E-state index contributed by atoms with van der Waals surface area (Å²) in [5.41, 5.74) is 0. The molecule has 2 fully saturated rings. The number of esters is 2. The van der Waals surface area contributed by atoms with E-state index in [0.29, 0.717) is 0 Å². The number of ether oxygens (including phenoxy) is 2. The second-order valence-corrected chi connectivity index (χ2v) is 6.66. The molecule has 7 heteroatoms. The van der Waals surface area contributed by atoms with Crippen LogP contribution >= 0.6 is 0 Å². The fraction of sp³-hybridized carbons (Fsp3) is 0.800. The van der Waals surface area contributed by atoms with Crippen molar-refractivity contribution in [2.45, 2.75) is 0 Å². The molecule has 1 heterocycles. The Kier molecular flexibility index (Phi) is 2.89. The molecule has 0 N–H and O–H groups in total. The highest BCUT2D eigenvalue weighted by Crippen LogP contribution is 2.52. The van der Waals surface area contributed by atoms with Crippen LogP contribution in [0, 0.1) is 23.7 Å². The van der Waals surface area contributed by atoms with E-state index in [1.165, 1.54) is 14.2 Å². The van der Waals surface area contributed by atoms with Crippen LogP contribution in [0.25, 0.3) is 0 Å². The standard InChI is InChI=1S/C10H14O6S/c1-15-9(11)7-5-3-17(13,14)4-6(5)8(7)10(12)16-2/h5-8H,3-4H2,1-2H3/t5-,6+,7+,8-. The first-order valence-electron chi connectivity index (χ1n) is 5.27. The van der Waals surface area contributed by atoms with Gasteiger partial charge in [-0.2, -0.15) is 0 Å². The van der Waals surface area contributed by atoms with Crippen molar-refractivity contribution in [2.24, 2.45) is 23.7 Å². The minimum absolute atomic E-state index is 0.0368. The van der Waals surface area contributed by atoms with Crippen molar-refractivity contribution < 1.29 is 27.5 Å². The fourth-order valence-electron chi connectivity index (χ4n) is 2.94. The number of rotatable bonds is 2. The summed E-state index contributed by atoms with van der Waals surface area (Å²) < 4.78 is 32.2. The van der Waals surface area contributed by atoms with E-state index < -0.39 is 33.6 Å². The zero-order valence-corrected chi connectivity index (χ0v) is 10.4. The first-order chi connectivity index (χ1) is 7.91. The van der Waals surface area contributed by atoms with Gasteiger partial charge in [0.25, 0.3) is 0 Å². The average molecular weight is 262 g/mol. The molecule has 17 heavy (non-hydrogen) atoms. The van der Waals surface area contributed by atoms with Crippen LogP contribution in [0.5, 0.6) is 0 Å². The van der Waals surface area contributed by atoms with Crippen molar-refractivity contribution >= 4 is 21.8 Å². The third-order valence-electron chi connectivity index (χ3n) is 3.70. The van der Waals surface area contributed by atoms with E-state index in [1.54, 1.807) is 0 Å². The van der Waals surface area contributed by atoms with Crippen LogP contribution < -0.4 is 0 Å². The SMILES string of the molecule is COC(=O)[C@@H]1[C@H]2CS(=O)(=O)C[C@H]2[C@@H]1C(=O)OC. The summed E-state index contributed by atoms with van der Waals surface area (Å²) in [4.78, 5) is 23.1. The summed E-state index contributed by atoms with van der Waals surface area (Å²) in [5.74, 6) is -3.06. The number of fused-ring (bicyclic) bond motifs is 1. The van der Waals surface area contributed by atoms with E-state index in [1.807, 2.05) is 0 Å². The lowest BCUT2D eigenvalue weighted by Crippen LogP contribution is -2.54. The van der Waals surface area contributed by atoms with E-state index >= 15 is 0 Å². The largest absolute Gasteiger partial charge is 0.469 e. The molecule has 2 rings (SSSR count). The lowest BCUT2D eigenvalue weighted by Gasteiger charge is -2.43. The Bertz CT molecular complexity index is 417. The second kappa shape index (κ2) is 3.97.